The zero-order chi connectivity index (χ0) is 11.9. The monoisotopic (exact) mass is 263 g/mol. The smallest absolute Gasteiger partial charge is 0.0650 e. The Morgan fingerprint density at radius 3 is 2.50 bits per heavy atom. The number of likely N-dealkylation sites (N-methyl/N-ethyl adjacent to an activating group) is 1. The third-order valence-electron chi connectivity index (χ3n) is 2.69. The summed E-state index contributed by atoms with van der Waals surface area (Å²) < 4.78 is 0. The van der Waals surface area contributed by atoms with Crippen LogP contribution in [0.15, 0.2) is 48.7 Å². The predicted octanol–water partition coefficient (Wildman–Crippen LogP) is 2.79. The molecule has 1 heterocycles. The van der Waals surface area contributed by atoms with Crippen molar-refractivity contribution in [2.75, 3.05) is 6.54 Å². The topological polar surface area (TPSA) is 37.8 Å². The summed E-state index contributed by atoms with van der Waals surface area (Å²) in [5, 5.41) is 11.5. The van der Waals surface area contributed by atoms with E-state index >= 15 is 0 Å². The van der Waals surface area contributed by atoms with Gasteiger partial charge in [0.25, 0.3) is 0 Å². The van der Waals surface area contributed by atoms with Gasteiger partial charge in [0, 0.05) is 18.7 Å². The molecule has 0 aliphatic carbocycles. The summed E-state index contributed by atoms with van der Waals surface area (Å²) in [6, 6.07) is 14.7. The van der Waals surface area contributed by atoms with Crippen molar-refractivity contribution in [3.05, 3.63) is 59.9 Å². The van der Waals surface area contributed by atoms with E-state index < -0.39 is 0 Å². The molecule has 0 amide bonds. The van der Waals surface area contributed by atoms with Crippen molar-refractivity contribution in [2.24, 2.45) is 0 Å². The molecule has 0 aliphatic heterocycles. The molecular formula is C14H18ClN3. The summed E-state index contributed by atoms with van der Waals surface area (Å²) in [6.07, 6.45) is 2.57. The van der Waals surface area contributed by atoms with Crippen molar-refractivity contribution in [3.8, 4) is 0 Å². The van der Waals surface area contributed by atoms with E-state index in [9.17, 15) is 0 Å². The van der Waals surface area contributed by atoms with E-state index in [1.807, 2.05) is 18.2 Å². The van der Waals surface area contributed by atoms with Crippen LogP contribution in [0.25, 0.3) is 0 Å². The number of aromatic nitrogens is 2. The number of benzene rings is 1. The van der Waals surface area contributed by atoms with Crippen molar-refractivity contribution in [1.29, 1.82) is 0 Å². The van der Waals surface area contributed by atoms with Crippen molar-refractivity contribution >= 4 is 12.4 Å². The van der Waals surface area contributed by atoms with Crippen LogP contribution in [0, 0.1) is 0 Å². The molecule has 4 heteroatoms. The Kier molecular flexibility index (Phi) is 6.33. The fraction of sp³-hybridized carbons (Fsp3) is 0.286. The lowest BCUT2D eigenvalue weighted by Crippen LogP contribution is -2.23. The molecule has 0 spiro atoms. The zero-order valence-electron chi connectivity index (χ0n) is 10.4. The first kappa shape index (κ1) is 14.6. The van der Waals surface area contributed by atoms with Crippen molar-refractivity contribution in [2.45, 2.75) is 19.4 Å². The maximum Gasteiger partial charge on any atom is 0.0650 e. The molecule has 0 radical (unpaired) electrons. The zero-order valence-corrected chi connectivity index (χ0v) is 11.2. The Balaban J connectivity index is 0.00000162. The standard InChI is InChI=1S/C14H17N3.ClH/c1-2-15-14(12-7-4-3-5-8-12)11-13-9-6-10-16-17-13;/h3-10,14-15H,2,11H2,1H3;1H. The molecule has 1 atom stereocenters. The van der Waals surface area contributed by atoms with Gasteiger partial charge in [-0.3, -0.25) is 0 Å². The fourth-order valence-corrected chi connectivity index (χ4v) is 1.89. The second-order valence-electron chi connectivity index (χ2n) is 3.94. The highest BCUT2D eigenvalue weighted by atomic mass is 35.5. The van der Waals surface area contributed by atoms with Crippen LogP contribution in [0.2, 0.25) is 0 Å². The van der Waals surface area contributed by atoms with Crippen LogP contribution >= 0.6 is 12.4 Å². The minimum atomic E-state index is 0. The number of hydrogen-bond acceptors (Lipinski definition) is 3. The number of rotatable bonds is 5. The lowest BCUT2D eigenvalue weighted by atomic mass is 10.0. The van der Waals surface area contributed by atoms with Gasteiger partial charge in [0.2, 0.25) is 0 Å². The quantitative estimate of drug-likeness (QED) is 0.901. The van der Waals surface area contributed by atoms with Gasteiger partial charge in [-0.15, -0.1) is 12.4 Å². The minimum Gasteiger partial charge on any atom is -0.310 e. The van der Waals surface area contributed by atoms with Crippen LogP contribution < -0.4 is 5.32 Å². The average Bonchev–Trinajstić information content (AvgIpc) is 2.40. The normalized spacial score (nSPS) is 11.6. The van der Waals surface area contributed by atoms with Crippen molar-refractivity contribution in [1.82, 2.24) is 15.5 Å². The number of halogens is 1. The van der Waals surface area contributed by atoms with E-state index in [1.54, 1.807) is 6.20 Å². The molecule has 0 aliphatic rings. The van der Waals surface area contributed by atoms with Crippen LogP contribution in [0.3, 0.4) is 0 Å². The second-order valence-corrected chi connectivity index (χ2v) is 3.94. The van der Waals surface area contributed by atoms with E-state index in [2.05, 4.69) is 46.7 Å². The van der Waals surface area contributed by atoms with E-state index in [1.165, 1.54) is 5.56 Å². The molecular weight excluding hydrogens is 246 g/mol. The van der Waals surface area contributed by atoms with Gasteiger partial charge >= 0.3 is 0 Å². The Labute approximate surface area is 114 Å². The lowest BCUT2D eigenvalue weighted by Gasteiger charge is -2.17. The van der Waals surface area contributed by atoms with Gasteiger partial charge < -0.3 is 5.32 Å². The van der Waals surface area contributed by atoms with Gasteiger partial charge in [-0.05, 0) is 24.2 Å². The minimum absolute atomic E-state index is 0. The highest BCUT2D eigenvalue weighted by molar-refractivity contribution is 5.85. The lowest BCUT2D eigenvalue weighted by molar-refractivity contribution is 0.541. The molecule has 0 saturated heterocycles. The molecule has 2 rings (SSSR count). The molecule has 0 fully saturated rings. The Hall–Kier alpha value is -1.45. The third-order valence-corrected chi connectivity index (χ3v) is 2.69. The highest BCUT2D eigenvalue weighted by Gasteiger charge is 2.11. The number of hydrogen-bond donors (Lipinski definition) is 1. The summed E-state index contributed by atoms with van der Waals surface area (Å²) in [5.41, 5.74) is 2.31. The Morgan fingerprint density at radius 1 is 1.11 bits per heavy atom. The summed E-state index contributed by atoms with van der Waals surface area (Å²) in [4.78, 5) is 0. The molecule has 0 saturated carbocycles. The maximum atomic E-state index is 4.14. The molecule has 96 valence electrons. The van der Waals surface area contributed by atoms with Crippen LogP contribution in [-0.4, -0.2) is 16.7 Å². The summed E-state index contributed by atoms with van der Waals surface area (Å²) in [6.45, 7) is 3.06. The molecule has 1 aromatic heterocycles. The van der Waals surface area contributed by atoms with Crippen LogP contribution in [0.1, 0.15) is 24.2 Å². The van der Waals surface area contributed by atoms with Crippen LogP contribution in [0.4, 0.5) is 0 Å². The Morgan fingerprint density at radius 2 is 1.89 bits per heavy atom. The molecule has 1 unspecified atom stereocenters. The van der Waals surface area contributed by atoms with Gasteiger partial charge in [0.1, 0.15) is 0 Å². The first-order valence-electron chi connectivity index (χ1n) is 5.95. The SMILES string of the molecule is CCNC(Cc1cccnn1)c1ccccc1.Cl. The van der Waals surface area contributed by atoms with Gasteiger partial charge in [0.05, 0.1) is 5.69 Å². The molecule has 0 bridgehead atoms. The van der Waals surface area contributed by atoms with E-state index in [-0.39, 0.29) is 12.4 Å². The van der Waals surface area contributed by atoms with E-state index in [0.717, 1.165) is 18.7 Å². The molecule has 18 heavy (non-hydrogen) atoms. The molecule has 1 aromatic carbocycles. The van der Waals surface area contributed by atoms with Crippen molar-refractivity contribution < 1.29 is 0 Å². The van der Waals surface area contributed by atoms with Gasteiger partial charge in [-0.2, -0.15) is 10.2 Å². The third kappa shape index (κ3) is 4.09. The number of nitrogens with one attached hydrogen (secondary N) is 1. The second kappa shape index (κ2) is 7.80. The van der Waals surface area contributed by atoms with Gasteiger partial charge in [0.15, 0.2) is 0 Å². The van der Waals surface area contributed by atoms with E-state index in [0.29, 0.717) is 6.04 Å². The Bertz CT molecular complexity index is 433. The van der Waals surface area contributed by atoms with Gasteiger partial charge in [-0.25, -0.2) is 0 Å². The van der Waals surface area contributed by atoms with Crippen LogP contribution in [-0.2, 0) is 6.42 Å². The molecule has 3 nitrogen and oxygen atoms in total. The molecule has 2 aromatic rings. The maximum absolute atomic E-state index is 4.14. The highest BCUT2D eigenvalue weighted by Crippen LogP contribution is 2.16. The fourth-order valence-electron chi connectivity index (χ4n) is 1.89. The van der Waals surface area contributed by atoms with Gasteiger partial charge in [-0.1, -0.05) is 37.3 Å². The van der Waals surface area contributed by atoms with E-state index in [4.69, 9.17) is 0 Å². The predicted molar refractivity (Wildman–Crippen MR) is 75.8 cm³/mol. The summed E-state index contributed by atoms with van der Waals surface area (Å²) in [5.74, 6) is 0. The van der Waals surface area contributed by atoms with Crippen LogP contribution in [0.5, 0.6) is 0 Å². The first-order valence-corrected chi connectivity index (χ1v) is 5.95. The number of nitrogens with zero attached hydrogens (tertiary/aromatic N) is 2. The summed E-state index contributed by atoms with van der Waals surface area (Å²) in [7, 11) is 0. The molecule has 1 N–H and O–H groups in total. The largest absolute Gasteiger partial charge is 0.310 e. The first-order chi connectivity index (χ1) is 8.40. The average molecular weight is 264 g/mol. The summed E-state index contributed by atoms with van der Waals surface area (Å²) >= 11 is 0. The van der Waals surface area contributed by atoms with Crippen molar-refractivity contribution in [3.63, 3.8) is 0 Å².